The fraction of sp³-hybridized carbons (Fsp3) is 0. The molecule has 12 heavy (non-hydrogen) atoms. The minimum Gasteiger partial charge on any atom is -0.291 e. The van der Waals surface area contributed by atoms with Crippen LogP contribution < -0.4 is 5.32 Å². The molecule has 0 spiro atoms. The van der Waals surface area contributed by atoms with Crippen LogP contribution in [0.2, 0.25) is 0 Å². The van der Waals surface area contributed by atoms with E-state index in [1.165, 1.54) is 0 Å². The molecule has 0 fully saturated rings. The quantitative estimate of drug-likeness (QED) is 0.585. The molecule has 0 aliphatic rings. The third-order valence-electron chi connectivity index (χ3n) is 1.29. The fourth-order valence-corrected chi connectivity index (χ4v) is 1.14. The lowest BCUT2D eigenvalue weighted by Crippen LogP contribution is -1.90. The van der Waals surface area contributed by atoms with Crippen molar-refractivity contribution in [1.82, 2.24) is 0 Å². The molecule has 0 saturated heterocycles. The Balaban J connectivity index is 3.15. The minimum absolute atomic E-state index is 0.450. The van der Waals surface area contributed by atoms with Crippen LogP contribution >= 0.6 is 15.9 Å². The molecule has 1 N–H and O–H groups in total. The molecule has 1 aromatic rings. The Bertz CT molecular complexity index is 373. The highest BCUT2D eigenvalue weighted by molar-refractivity contribution is 9.10. The molecular weight excluding hydrogens is 218 g/mol. The first-order valence-corrected chi connectivity index (χ1v) is 3.92. The van der Waals surface area contributed by atoms with Crippen LogP contribution in [0.5, 0.6) is 0 Å². The maximum absolute atomic E-state index is 8.65. The number of nitriles is 2. The van der Waals surface area contributed by atoms with E-state index in [9.17, 15) is 0 Å². The number of halogens is 1. The molecule has 0 aliphatic heterocycles. The molecule has 0 saturated carbocycles. The van der Waals surface area contributed by atoms with Crippen molar-refractivity contribution < 1.29 is 0 Å². The summed E-state index contributed by atoms with van der Waals surface area (Å²) in [4.78, 5) is 0. The van der Waals surface area contributed by atoms with E-state index in [1.54, 1.807) is 24.4 Å². The van der Waals surface area contributed by atoms with E-state index in [0.29, 0.717) is 11.3 Å². The second kappa shape index (κ2) is 3.75. The molecule has 58 valence electrons. The Kier molecular flexibility index (Phi) is 2.68. The number of hydrogen-bond acceptors (Lipinski definition) is 3. The first-order chi connectivity index (χ1) is 5.77. The van der Waals surface area contributed by atoms with Gasteiger partial charge in [-0.3, -0.25) is 5.32 Å². The van der Waals surface area contributed by atoms with Gasteiger partial charge >= 0.3 is 0 Å². The van der Waals surface area contributed by atoms with Crippen molar-refractivity contribution in [3.05, 3.63) is 28.2 Å². The smallest absolute Gasteiger partial charge is 0.181 e. The molecule has 1 rings (SSSR count). The number of hydrogen-bond donors (Lipinski definition) is 1. The first kappa shape index (κ1) is 8.58. The Hall–Kier alpha value is -1.52. The lowest BCUT2D eigenvalue weighted by Gasteiger charge is -1.99. The molecular formula is C8H4BrN3. The van der Waals surface area contributed by atoms with E-state index in [4.69, 9.17) is 10.5 Å². The summed E-state index contributed by atoms with van der Waals surface area (Å²) in [5.74, 6) is 0. The predicted octanol–water partition coefficient (Wildman–Crippen LogP) is 2.21. The van der Waals surface area contributed by atoms with Crippen molar-refractivity contribution in [2.75, 3.05) is 5.32 Å². The van der Waals surface area contributed by atoms with Crippen molar-refractivity contribution in [1.29, 1.82) is 10.5 Å². The summed E-state index contributed by atoms with van der Waals surface area (Å²) >= 11 is 3.23. The van der Waals surface area contributed by atoms with Crippen LogP contribution in [-0.4, -0.2) is 0 Å². The van der Waals surface area contributed by atoms with E-state index in [2.05, 4.69) is 21.2 Å². The third kappa shape index (κ3) is 1.75. The lowest BCUT2D eigenvalue weighted by atomic mass is 10.2. The second-order valence-electron chi connectivity index (χ2n) is 2.04. The zero-order valence-corrected chi connectivity index (χ0v) is 7.59. The molecule has 0 atom stereocenters. The number of nitrogens with zero attached hydrogens (tertiary/aromatic N) is 2. The van der Waals surface area contributed by atoms with Gasteiger partial charge in [-0.05, 0) is 18.2 Å². The molecule has 1 aromatic carbocycles. The van der Waals surface area contributed by atoms with Gasteiger partial charge in [0.15, 0.2) is 6.19 Å². The molecule has 0 aromatic heterocycles. The Morgan fingerprint density at radius 3 is 2.67 bits per heavy atom. The Labute approximate surface area is 78.4 Å². The summed E-state index contributed by atoms with van der Waals surface area (Å²) in [6, 6.07) is 7.07. The largest absolute Gasteiger partial charge is 0.291 e. The van der Waals surface area contributed by atoms with Gasteiger partial charge in [-0.2, -0.15) is 10.5 Å². The standard InChI is InChI=1S/C8H4BrN3/c9-7-1-2-8(12-5-11)6(3-7)4-10/h1-3,12H. The van der Waals surface area contributed by atoms with Crippen LogP contribution in [0, 0.1) is 22.8 Å². The first-order valence-electron chi connectivity index (χ1n) is 3.12. The monoisotopic (exact) mass is 221 g/mol. The highest BCUT2D eigenvalue weighted by Crippen LogP contribution is 2.19. The Morgan fingerprint density at radius 1 is 1.33 bits per heavy atom. The molecule has 0 bridgehead atoms. The predicted molar refractivity (Wildman–Crippen MR) is 48.1 cm³/mol. The maximum Gasteiger partial charge on any atom is 0.181 e. The molecule has 4 heteroatoms. The third-order valence-corrected chi connectivity index (χ3v) is 1.79. The van der Waals surface area contributed by atoms with E-state index >= 15 is 0 Å². The van der Waals surface area contributed by atoms with Gasteiger partial charge < -0.3 is 0 Å². The van der Waals surface area contributed by atoms with Gasteiger partial charge in [0.25, 0.3) is 0 Å². The minimum atomic E-state index is 0.450. The SMILES string of the molecule is N#CNc1ccc(Br)cc1C#N. The van der Waals surface area contributed by atoms with E-state index in [0.717, 1.165) is 4.47 Å². The number of anilines is 1. The second-order valence-corrected chi connectivity index (χ2v) is 2.95. The number of nitrogens with one attached hydrogen (secondary N) is 1. The van der Waals surface area contributed by atoms with Crippen molar-refractivity contribution in [3.63, 3.8) is 0 Å². The normalized spacial score (nSPS) is 8.25. The van der Waals surface area contributed by atoms with Crippen LogP contribution in [0.25, 0.3) is 0 Å². The summed E-state index contributed by atoms with van der Waals surface area (Å²) in [6.07, 6.45) is 1.76. The molecule has 0 unspecified atom stereocenters. The van der Waals surface area contributed by atoms with Crippen LogP contribution in [0.4, 0.5) is 5.69 Å². The van der Waals surface area contributed by atoms with Gasteiger partial charge in [0, 0.05) is 4.47 Å². The maximum atomic E-state index is 8.65. The highest BCUT2D eigenvalue weighted by atomic mass is 79.9. The average Bonchev–Trinajstić information content (AvgIpc) is 2.08. The molecule has 0 heterocycles. The summed E-state index contributed by atoms with van der Waals surface area (Å²) in [6.45, 7) is 0. The summed E-state index contributed by atoms with van der Waals surface area (Å²) in [7, 11) is 0. The van der Waals surface area contributed by atoms with Crippen LogP contribution in [0.1, 0.15) is 5.56 Å². The van der Waals surface area contributed by atoms with Gasteiger partial charge in [-0.1, -0.05) is 15.9 Å². The number of rotatable bonds is 1. The van der Waals surface area contributed by atoms with Gasteiger partial charge in [-0.15, -0.1) is 0 Å². The van der Waals surface area contributed by atoms with E-state index in [1.807, 2.05) is 6.07 Å². The summed E-state index contributed by atoms with van der Waals surface area (Å²) < 4.78 is 0.822. The van der Waals surface area contributed by atoms with Crippen molar-refractivity contribution in [3.8, 4) is 12.3 Å². The van der Waals surface area contributed by atoms with E-state index < -0.39 is 0 Å². The lowest BCUT2D eigenvalue weighted by molar-refractivity contribution is 1.43. The zero-order chi connectivity index (χ0) is 8.97. The number of benzene rings is 1. The zero-order valence-electron chi connectivity index (χ0n) is 6.00. The summed E-state index contributed by atoms with van der Waals surface area (Å²) in [5, 5.41) is 19.4. The van der Waals surface area contributed by atoms with Crippen molar-refractivity contribution in [2.24, 2.45) is 0 Å². The fourth-order valence-electron chi connectivity index (χ4n) is 0.778. The topological polar surface area (TPSA) is 59.6 Å². The molecule has 0 radical (unpaired) electrons. The van der Waals surface area contributed by atoms with Gasteiger partial charge in [0.05, 0.1) is 11.3 Å². The molecule has 3 nitrogen and oxygen atoms in total. The van der Waals surface area contributed by atoms with Crippen molar-refractivity contribution in [2.45, 2.75) is 0 Å². The summed E-state index contributed by atoms with van der Waals surface area (Å²) in [5.41, 5.74) is 0.981. The molecule has 0 aliphatic carbocycles. The highest BCUT2D eigenvalue weighted by Gasteiger charge is 2.00. The van der Waals surface area contributed by atoms with Gasteiger partial charge in [0.1, 0.15) is 6.07 Å². The van der Waals surface area contributed by atoms with Crippen LogP contribution in [0.3, 0.4) is 0 Å². The van der Waals surface area contributed by atoms with E-state index in [-0.39, 0.29) is 0 Å². The molecule has 0 amide bonds. The Morgan fingerprint density at radius 2 is 2.08 bits per heavy atom. The van der Waals surface area contributed by atoms with Crippen LogP contribution in [-0.2, 0) is 0 Å². The van der Waals surface area contributed by atoms with Gasteiger partial charge in [-0.25, -0.2) is 0 Å². The van der Waals surface area contributed by atoms with Crippen molar-refractivity contribution >= 4 is 21.6 Å². The van der Waals surface area contributed by atoms with Gasteiger partial charge in [0.2, 0.25) is 0 Å². The average molecular weight is 222 g/mol. The van der Waals surface area contributed by atoms with Crippen LogP contribution in [0.15, 0.2) is 22.7 Å².